The molecule has 0 aliphatic rings. The van der Waals surface area contributed by atoms with E-state index in [0.29, 0.717) is 0 Å². The maximum absolute atomic E-state index is 10.7. The van der Waals surface area contributed by atoms with Crippen LogP contribution in [0.5, 0.6) is 0 Å². The lowest BCUT2D eigenvalue weighted by Gasteiger charge is -2.17. The summed E-state index contributed by atoms with van der Waals surface area (Å²) >= 11 is 5.27. The molecule has 0 aliphatic carbocycles. The number of nitro benzene ring substituents is 1. The second-order valence-electron chi connectivity index (χ2n) is 4.37. The van der Waals surface area contributed by atoms with E-state index in [0.717, 1.165) is 23.0 Å². The quantitative estimate of drug-likeness (QED) is 0.620. The molecule has 20 heavy (non-hydrogen) atoms. The van der Waals surface area contributed by atoms with Gasteiger partial charge in [-0.1, -0.05) is 19.1 Å². The molecule has 1 aromatic heterocycles. The summed E-state index contributed by atoms with van der Waals surface area (Å²) in [4.78, 5) is 11.5. The summed E-state index contributed by atoms with van der Waals surface area (Å²) in [6.45, 7) is 2.95. The maximum Gasteiger partial charge on any atom is 0.269 e. The van der Waals surface area contributed by atoms with Crippen LogP contribution in [0.25, 0.3) is 0 Å². The molecule has 1 atom stereocenters. The summed E-state index contributed by atoms with van der Waals surface area (Å²) < 4.78 is 1.11. The van der Waals surface area contributed by atoms with Crippen molar-refractivity contribution in [2.75, 3.05) is 6.54 Å². The molecular weight excluding hydrogens is 340 g/mol. The largest absolute Gasteiger partial charge is 0.309 e. The SMILES string of the molecule is CCNC(Cc1ccc([N+](=O)[O-])cc1)c1sccc1Br. The molecule has 1 aromatic carbocycles. The van der Waals surface area contributed by atoms with E-state index in [1.165, 1.54) is 4.88 Å². The molecule has 0 radical (unpaired) electrons. The molecule has 0 spiro atoms. The van der Waals surface area contributed by atoms with Crippen molar-refractivity contribution in [1.82, 2.24) is 5.32 Å². The van der Waals surface area contributed by atoms with E-state index in [1.807, 2.05) is 18.2 Å². The first-order valence-electron chi connectivity index (χ1n) is 6.31. The summed E-state index contributed by atoms with van der Waals surface area (Å²) in [5.74, 6) is 0. The molecule has 0 fully saturated rings. The summed E-state index contributed by atoms with van der Waals surface area (Å²) in [5.41, 5.74) is 1.22. The number of halogens is 1. The van der Waals surface area contributed by atoms with Crippen molar-refractivity contribution in [1.29, 1.82) is 0 Å². The van der Waals surface area contributed by atoms with Crippen molar-refractivity contribution >= 4 is 33.0 Å². The lowest BCUT2D eigenvalue weighted by molar-refractivity contribution is -0.384. The van der Waals surface area contributed by atoms with Crippen molar-refractivity contribution in [3.63, 3.8) is 0 Å². The topological polar surface area (TPSA) is 55.2 Å². The Balaban J connectivity index is 2.16. The Labute approximate surface area is 130 Å². The Morgan fingerprint density at radius 2 is 2.05 bits per heavy atom. The lowest BCUT2D eigenvalue weighted by Crippen LogP contribution is -2.22. The molecule has 2 rings (SSSR count). The van der Waals surface area contributed by atoms with Crippen LogP contribution in [0.1, 0.15) is 23.4 Å². The van der Waals surface area contributed by atoms with E-state index < -0.39 is 0 Å². The van der Waals surface area contributed by atoms with Crippen LogP contribution >= 0.6 is 27.3 Å². The van der Waals surface area contributed by atoms with Gasteiger partial charge in [0.2, 0.25) is 0 Å². The number of non-ortho nitro benzene ring substituents is 1. The van der Waals surface area contributed by atoms with E-state index >= 15 is 0 Å². The first kappa shape index (κ1) is 15.2. The fourth-order valence-corrected chi connectivity index (χ4v) is 3.77. The minimum absolute atomic E-state index is 0.131. The van der Waals surface area contributed by atoms with Gasteiger partial charge in [0.15, 0.2) is 0 Å². The highest BCUT2D eigenvalue weighted by molar-refractivity contribution is 9.10. The fourth-order valence-electron chi connectivity index (χ4n) is 2.05. The van der Waals surface area contributed by atoms with Crippen LogP contribution in [0.3, 0.4) is 0 Å². The van der Waals surface area contributed by atoms with Gasteiger partial charge in [0.1, 0.15) is 0 Å². The van der Waals surface area contributed by atoms with Gasteiger partial charge in [-0.2, -0.15) is 0 Å². The van der Waals surface area contributed by atoms with Gasteiger partial charge in [-0.25, -0.2) is 0 Å². The third kappa shape index (κ3) is 3.65. The van der Waals surface area contributed by atoms with Gasteiger partial charge < -0.3 is 5.32 Å². The Morgan fingerprint density at radius 3 is 2.55 bits per heavy atom. The highest BCUT2D eigenvalue weighted by atomic mass is 79.9. The number of rotatable bonds is 6. The number of nitrogens with one attached hydrogen (secondary N) is 1. The standard InChI is InChI=1S/C14H15BrN2O2S/c1-2-16-13(14-12(15)7-8-20-14)9-10-3-5-11(6-4-10)17(18)19/h3-8,13,16H,2,9H2,1H3. The van der Waals surface area contributed by atoms with Crippen LogP contribution < -0.4 is 5.32 Å². The fraction of sp³-hybridized carbons (Fsp3) is 0.286. The number of nitro groups is 1. The van der Waals surface area contributed by atoms with Crippen molar-refractivity contribution in [2.45, 2.75) is 19.4 Å². The monoisotopic (exact) mass is 354 g/mol. The molecule has 1 unspecified atom stereocenters. The average molecular weight is 355 g/mol. The third-order valence-electron chi connectivity index (χ3n) is 3.00. The zero-order chi connectivity index (χ0) is 14.5. The molecule has 106 valence electrons. The molecule has 0 saturated carbocycles. The van der Waals surface area contributed by atoms with E-state index in [4.69, 9.17) is 0 Å². The van der Waals surface area contributed by atoms with Gasteiger partial charge in [0, 0.05) is 27.5 Å². The second-order valence-corrected chi connectivity index (χ2v) is 6.17. The zero-order valence-electron chi connectivity index (χ0n) is 11.0. The molecule has 0 saturated heterocycles. The number of thiophene rings is 1. The highest BCUT2D eigenvalue weighted by Gasteiger charge is 2.16. The smallest absolute Gasteiger partial charge is 0.269 e. The predicted molar refractivity (Wildman–Crippen MR) is 85.2 cm³/mol. The summed E-state index contributed by atoms with van der Waals surface area (Å²) in [7, 11) is 0. The predicted octanol–water partition coefficient (Wildman–Crippen LogP) is 4.31. The molecule has 1 heterocycles. The van der Waals surface area contributed by atoms with E-state index in [-0.39, 0.29) is 16.7 Å². The van der Waals surface area contributed by atoms with Crippen molar-refractivity contribution in [3.8, 4) is 0 Å². The van der Waals surface area contributed by atoms with Crippen LogP contribution in [0.2, 0.25) is 0 Å². The Hall–Kier alpha value is -1.24. The lowest BCUT2D eigenvalue weighted by atomic mass is 10.0. The van der Waals surface area contributed by atoms with Crippen LogP contribution in [-0.2, 0) is 6.42 Å². The Kier molecular flexibility index (Phi) is 5.28. The maximum atomic E-state index is 10.7. The second kappa shape index (κ2) is 6.97. The third-order valence-corrected chi connectivity index (χ3v) is 4.98. The summed E-state index contributed by atoms with van der Waals surface area (Å²) in [5, 5.41) is 16.2. The average Bonchev–Trinajstić information content (AvgIpc) is 2.85. The van der Waals surface area contributed by atoms with Gasteiger partial charge >= 0.3 is 0 Å². The first-order valence-corrected chi connectivity index (χ1v) is 7.98. The van der Waals surface area contributed by atoms with Gasteiger partial charge in [-0.3, -0.25) is 10.1 Å². The summed E-state index contributed by atoms with van der Waals surface area (Å²) in [6.07, 6.45) is 0.810. The number of hydrogen-bond acceptors (Lipinski definition) is 4. The molecular formula is C14H15BrN2O2S. The Morgan fingerprint density at radius 1 is 1.35 bits per heavy atom. The van der Waals surface area contributed by atoms with Gasteiger partial charge in [0.25, 0.3) is 5.69 Å². The molecule has 4 nitrogen and oxygen atoms in total. The zero-order valence-corrected chi connectivity index (χ0v) is 13.4. The first-order chi connectivity index (χ1) is 9.61. The molecule has 6 heteroatoms. The molecule has 0 amide bonds. The van der Waals surface area contributed by atoms with Gasteiger partial charge in [-0.05, 0) is 45.9 Å². The van der Waals surface area contributed by atoms with Gasteiger partial charge in [-0.15, -0.1) is 11.3 Å². The van der Waals surface area contributed by atoms with Crippen molar-refractivity contribution < 1.29 is 4.92 Å². The molecule has 1 N–H and O–H groups in total. The van der Waals surface area contributed by atoms with E-state index in [2.05, 4.69) is 33.6 Å². The molecule has 0 aliphatic heterocycles. The van der Waals surface area contributed by atoms with Crippen LogP contribution in [0.4, 0.5) is 5.69 Å². The highest BCUT2D eigenvalue weighted by Crippen LogP contribution is 2.31. The number of likely N-dealkylation sites (N-methyl/N-ethyl adjacent to an activating group) is 1. The van der Waals surface area contributed by atoms with Crippen molar-refractivity contribution in [2.24, 2.45) is 0 Å². The van der Waals surface area contributed by atoms with Crippen LogP contribution in [0, 0.1) is 10.1 Å². The minimum Gasteiger partial charge on any atom is -0.309 e. The number of benzene rings is 1. The number of nitrogens with zero attached hydrogens (tertiary/aromatic N) is 1. The minimum atomic E-state index is -0.374. The molecule has 0 bridgehead atoms. The number of hydrogen-bond donors (Lipinski definition) is 1. The normalized spacial score (nSPS) is 12.3. The van der Waals surface area contributed by atoms with E-state index in [9.17, 15) is 10.1 Å². The Bertz CT molecular complexity index is 583. The van der Waals surface area contributed by atoms with Crippen LogP contribution in [0.15, 0.2) is 40.2 Å². The molecule has 2 aromatic rings. The van der Waals surface area contributed by atoms with Crippen molar-refractivity contribution in [3.05, 3.63) is 60.7 Å². The van der Waals surface area contributed by atoms with Gasteiger partial charge in [0.05, 0.1) is 4.92 Å². The van der Waals surface area contributed by atoms with E-state index in [1.54, 1.807) is 23.5 Å². The van der Waals surface area contributed by atoms with Crippen LogP contribution in [-0.4, -0.2) is 11.5 Å². The summed E-state index contributed by atoms with van der Waals surface area (Å²) in [6, 6.07) is 9.02.